The van der Waals surface area contributed by atoms with Crippen molar-refractivity contribution in [2.45, 2.75) is 43.7 Å². The fourth-order valence-electron chi connectivity index (χ4n) is 6.06. The Balaban J connectivity index is 1.26. The molecule has 41 heavy (non-hydrogen) atoms. The summed E-state index contributed by atoms with van der Waals surface area (Å²) in [6, 6.07) is 10.2. The lowest BCUT2D eigenvalue weighted by molar-refractivity contribution is -0.147. The lowest BCUT2D eigenvalue weighted by Gasteiger charge is -2.39. The summed E-state index contributed by atoms with van der Waals surface area (Å²) in [5.74, 6) is -0.435. The van der Waals surface area contributed by atoms with E-state index in [1.165, 1.54) is 29.2 Å². The average molecular weight is 607 g/mol. The van der Waals surface area contributed by atoms with Gasteiger partial charge in [-0.1, -0.05) is 29.3 Å². The van der Waals surface area contributed by atoms with E-state index in [-0.39, 0.29) is 41.4 Å². The number of likely N-dealkylation sites (N-methyl/N-ethyl adjacent to an activating group) is 1. The van der Waals surface area contributed by atoms with Crippen LogP contribution in [-0.2, 0) is 14.3 Å². The smallest absolute Gasteiger partial charge is 0.410 e. The van der Waals surface area contributed by atoms with Crippen LogP contribution < -0.4 is 4.74 Å². The second kappa shape index (κ2) is 12.5. The van der Waals surface area contributed by atoms with Crippen LogP contribution in [0.5, 0.6) is 5.75 Å². The zero-order valence-electron chi connectivity index (χ0n) is 23.1. The van der Waals surface area contributed by atoms with Gasteiger partial charge in [0.1, 0.15) is 11.6 Å². The van der Waals surface area contributed by atoms with Gasteiger partial charge in [0.25, 0.3) is 0 Å². The molecule has 2 heterocycles. The van der Waals surface area contributed by atoms with E-state index in [4.69, 9.17) is 32.7 Å². The van der Waals surface area contributed by atoms with Gasteiger partial charge in [-0.05, 0) is 67.6 Å². The van der Waals surface area contributed by atoms with Gasteiger partial charge in [0, 0.05) is 58.1 Å². The molecule has 2 aromatic carbocycles. The van der Waals surface area contributed by atoms with E-state index < -0.39 is 18.0 Å². The molecule has 220 valence electrons. The second-order valence-electron chi connectivity index (χ2n) is 11.1. The lowest BCUT2D eigenvalue weighted by atomic mass is 9.80. The Hall–Kier alpha value is -2.88. The number of methoxy groups -OCH3 is 1. The van der Waals surface area contributed by atoms with E-state index in [0.717, 1.165) is 18.4 Å². The minimum atomic E-state index is -0.612. The van der Waals surface area contributed by atoms with Crippen molar-refractivity contribution in [3.8, 4) is 5.75 Å². The summed E-state index contributed by atoms with van der Waals surface area (Å²) in [5.41, 5.74) is 0.858. The summed E-state index contributed by atoms with van der Waals surface area (Å²) in [5, 5.41) is 0.812. The Kier molecular flexibility index (Phi) is 9.06. The normalized spacial score (nSPS) is 24.6. The molecule has 0 aromatic heterocycles. The second-order valence-corrected chi connectivity index (χ2v) is 12.0. The number of carbonyl (C=O) groups is 3. The first-order chi connectivity index (χ1) is 19.6. The third-order valence-electron chi connectivity index (χ3n) is 8.71. The van der Waals surface area contributed by atoms with Gasteiger partial charge in [-0.25, -0.2) is 9.18 Å². The minimum absolute atomic E-state index is 0.0173. The molecule has 3 fully saturated rings. The van der Waals surface area contributed by atoms with Crippen LogP contribution in [0.1, 0.15) is 37.2 Å². The highest BCUT2D eigenvalue weighted by Gasteiger charge is 2.43. The molecule has 0 N–H and O–H groups in total. The molecule has 2 aliphatic heterocycles. The predicted molar refractivity (Wildman–Crippen MR) is 153 cm³/mol. The number of ether oxygens (including phenoxy) is 2. The number of nitrogens with zero attached hydrogens (tertiary/aromatic N) is 3. The molecule has 2 saturated heterocycles. The molecule has 2 unspecified atom stereocenters. The molecule has 0 radical (unpaired) electrons. The monoisotopic (exact) mass is 605 g/mol. The Labute approximate surface area is 249 Å². The zero-order valence-corrected chi connectivity index (χ0v) is 24.6. The van der Waals surface area contributed by atoms with Crippen molar-refractivity contribution in [1.82, 2.24) is 14.7 Å². The molecule has 1 saturated carbocycles. The van der Waals surface area contributed by atoms with Crippen LogP contribution in [-0.4, -0.2) is 85.1 Å². The van der Waals surface area contributed by atoms with Gasteiger partial charge in [-0.3, -0.25) is 9.59 Å². The van der Waals surface area contributed by atoms with Crippen molar-refractivity contribution in [1.29, 1.82) is 0 Å². The third-order valence-corrected chi connectivity index (χ3v) is 9.45. The van der Waals surface area contributed by atoms with Crippen molar-refractivity contribution >= 4 is 41.1 Å². The molecular formula is C30H34Cl2FN3O5. The molecule has 5 rings (SSSR count). The molecule has 0 bridgehead atoms. The number of piperidine rings is 1. The summed E-state index contributed by atoms with van der Waals surface area (Å²) in [7, 11) is 3.30. The van der Waals surface area contributed by atoms with E-state index in [1.807, 2.05) is 11.0 Å². The molecule has 3 amide bonds. The van der Waals surface area contributed by atoms with Gasteiger partial charge in [0.15, 0.2) is 0 Å². The Morgan fingerprint density at radius 2 is 1.56 bits per heavy atom. The molecule has 1 aliphatic carbocycles. The van der Waals surface area contributed by atoms with Gasteiger partial charge in [-0.15, -0.1) is 0 Å². The molecule has 11 heteroatoms. The number of hydrogen-bond donors (Lipinski definition) is 0. The molecule has 2 atom stereocenters. The van der Waals surface area contributed by atoms with E-state index in [0.29, 0.717) is 49.1 Å². The number of hydrogen-bond acceptors (Lipinski definition) is 5. The fraction of sp³-hybridized carbons (Fsp3) is 0.500. The fourth-order valence-corrected chi connectivity index (χ4v) is 6.37. The van der Waals surface area contributed by atoms with Gasteiger partial charge < -0.3 is 24.2 Å². The van der Waals surface area contributed by atoms with Crippen LogP contribution in [0.2, 0.25) is 10.0 Å². The average Bonchev–Trinajstić information content (AvgIpc) is 3.40. The largest absolute Gasteiger partial charge is 0.415 e. The number of likely N-dealkylation sites (tertiary alicyclic amines) is 2. The first kappa shape index (κ1) is 29.6. The predicted octanol–water partition coefficient (Wildman–Crippen LogP) is 5.22. The first-order valence-electron chi connectivity index (χ1n) is 13.9. The standard InChI is InChI=1S/C30H34Cl2FN3O5/c1-34(30(39)41-22-6-4-21(33)5-7-22)27-17-36(16-24(27)19-3-8-25(31)26(32)15-19)28(37)18-9-11-35(12-10-18)29(38)20-13-23(14-20)40-2/h3-8,15,18,20,23-24,27H,9-14,16-17H2,1-2H3. The quantitative estimate of drug-likeness (QED) is 0.451. The van der Waals surface area contributed by atoms with Crippen LogP contribution in [0.15, 0.2) is 42.5 Å². The number of amides is 3. The topological polar surface area (TPSA) is 79.4 Å². The van der Waals surface area contributed by atoms with Gasteiger partial charge >= 0.3 is 6.09 Å². The van der Waals surface area contributed by atoms with E-state index in [9.17, 15) is 18.8 Å². The van der Waals surface area contributed by atoms with Crippen molar-refractivity contribution < 1.29 is 28.2 Å². The van der Waals surface area contributed by atoms with Crippen molar-refractivity contribution in [2.75, 3.05) is 40.3 Å². The third kappa shape index (κ3) is 6.47. The number of halogens is 3. The van der Waals surface area contributed by atoms with Crippen molar-refractivity contribution in [3.63, 3.8) is 0 Å². The Bertz CT molecular complexity index is 1280. The van der Waals surface area contributed by atoms with Gasteiger partial charge in [0.2, 0.25) is 11.8 Å². The SMILES string of the molecule is COC1CC(C(=O)N2CCC(C(=O)N3CC(c4ccc(Cl)c(Cl)c4)C(N(C)C(=O)Oc4ccc(F)cc4)C3)CC2)C1. The van der Waals surface area contributed by atoms with E-state index in [1.54, 1.807) is 31.2 Å². The van der Waals surface area contributed by atoms with Gasteiger partial charge in [0.05, 0.1) is 22.2 Å². The maximum absolute atomic E-state index is 13.7. The van der Waals surface area contributed by atoms with Crippen molar-refractivity contribution in [3.05, 3.63) is 63.9 Å². The van der Waals surface area contributed by atoms with E-state index >= 15 is 0 Å². The van der Waals surface area contributed by atoms with E-state index in [2.05, 4.69) is 0 Å². The summed E-state index contributed by atoms with van der Waals surface area (Å²) in [6.07, 6.45) is 2.28. The maximum Gasteiger partial charge on any atom is 0.415 e. The van der Waals surface area contributed by atoms with Crippen LogP contribution in [0, 0.1) is 17.7 Å². The summed E-state index contributed by atoms with van der Waals surface area (Å²) in [6.45, 7) is 1.83. The van der Waals surface area contributed by atoms with Gasteiger partial charge in [-0.2, -0.15) is 0 Å². The Morgan fingerprint density at radius 1 is 0.902 bits per heavy atom. The molecular weight excluding hydrogens is 572 g/mol. The van der Waals surface area contributed by atoms with Crippen LogP contribution in [0.25, 0.3) is 0 Å². The highest BCUT2D eigenvalue weighted by atomic mass is 35.5. The lowest BCUT2D eigenvalue weighted by Crippen LogP contribution is -2.49. The molecule has 2 aromatic rings. The minimum Gasteiger partial charge on any atom is -0.410 e. The molecule has 0 spiro atoms. The van der Waals surface area contributed by atoms with Crippen LogP contribution in [0.3, 0.4) is 0 Å². The first-order valence-corrected chi connectivity index (χ1v) is 14.7. The number of benzene rings is 2. The van der Waals surface area contributed by atoms with Crippen LogP contribution >= 0.6 is 23.2 Å². The maximum atomic E-state index is 13.7. The molecule has 8 nitrogen and oxygen atoms in total. The summed E-state index contributed by atoms with van der Waals surface area (Å²) < 4.78 is 24.1. The number of carbonyl (C=O) groups excluding carboxylic acids is 3. The highest BCUT2D eigenvalue weighted by Crippen LogP contribution is 2.37. The van der Waals surface area contributed by atoms with Crippen molar-refractivity contribution in [2.24, 2.45) is 11.8 Å². The zero-order chi connectivity index (χ0) is 29.3. The number of rotatable bonds is 6. The Morgan fingerprint density at radius 3 is 2.20 bits per heavy atom. The van der Waals surface area contributed by atoms with Crippen LogP contribution in [0.4, 0.5) is 9.18 Å². The highest BCUT2D eigenvalue weighted by molar-refractivity contribution is 6.42. The summed E-state index contributed by atoms with van der Waals surface area (Å²) >= 11 is 12.5. The summed E-state index contributed by atoms with van der Waals surface area (Å²) in [4.78, 5) is 44.8. The molecule has 3 aliphatic rings.